The number of anilines is 1. The van der Waals surface area contributed by atoms with E-state index < -0.39 is 5.97 Å². The minimum Gasteiger partial charge on any atom is -0.496 e. The van der Waals surface area contributed by atoms with Gasteiger partial charge in [0.05, 0.1) is 12.8 Å². The average molecular weight is 349 g/mol. The number of hydrogen-bond acceptors (Lipinski definition) is 5. The molecule has 0 saturated carbocycles. The summed E-state index contributed by atoms with van der Waals surface area (Å²) in [4.78, 5) is 22.3. The highest BCUT2D eigenvalue weighted by molar-refractivity contribution is 5.95. The molecule has 0 amide bonds. The Bertz CT molecular complexity index is 913. The number of carboxylic acid groups (broad SMARTS) is 1. The van der Waals surface area contributed by atoms with Gasteiger partial charge in [0.1, 0.15) is 11.3 Å². The van der Waals surface area contributed by atoms with Crippen molar-refractivity contribution in [2.75, 3.05) is 19.1 Å². The van der Waals surface area contributed by atoms with Crippen LogP contribution in [0.25, 0.3) is 11.3 Å². The Morgan fingerprint density at radius 2 is 1.81 bits per heavy atom. The fraction of sp³-hybridized carbons (Fsp3) is 0.150. The highest BCUT2D eigenvalue weighted by Crippen LogP contribution is 2.31. The van der Waals surface area contributed by atoms with Gasteiger partial charge in [-0.15, -0.1) is 0 Å². The van der Waals surface area contributed by atoms with Gasteiger partial charge < -0.3 is 14.7 Å². The molecule has 0 aliphatic rings. The molecule has 0 spiro atoms. The van der Waals surface area contributed by atoms with E-state index in [1.807, 2.05) is 54.4 Å². The van der Waals surface area contributed by atoms with Crippen LogP contribution in [-0.2, 0) is 6.54 Å². The fourth-order valence-corrected chi connectivity index (χ4v) is 2.69. The van der Waals surface area contributed by atoms with E-state index in [1.54, 1.807) is 19.2 Å². The van der Waals surface area contributed by atoms with Gasteiger partial charge >= 0.3 is 5.97 Å². The fourth-order valence-electron chi connectivity index (χ4n) is 2.69. The van der Waals surface area contributed by atoms with Crippen molar-refractivity contribution in [2.45, 2.75) is 6.54 Å². The van der Waals surface area contributed by atoms with Crippen molar-refractivity contribution in [1.82, 2.24) is 9.97 Å². The van der Waals surface area contributed by atoms with Crippen LogP contribution < -0.4 is 9.64 Å². The largest absolute Gasteiger partial charge is 0.496 e. The normalized spacial score (nSPS) is 10.4. The van der Waals surface area contributed by atoms with Gasteiger partial charge in [0.15, 0.2) is 0 Å². The van der Waals surface area contributed by atoms with Crippen molar-refractivity contribution >= 4 is 11.9 Å². The lowest BCUT2D eigenvalue weighted by atomic mass is 10.1. The second-order valence-corrected chi connectivity index (χ2v) is 5.78. The molecule has 26 heavy (non-hydrogen) atoms. The number of aromatic nitrogens is 2. The minimum absolute atomic E-state index is 0.0337. The van der Waals surface area contributed by atoms with Crippen LogP contribution in [0, 0.1) is 0 Å². The Morgan fingerprint density at radius 1 is 1.12 bits per heavy atom. The van der Waals surface area contributed by atoms with Crippen molar-refractivity contribution < 1.29 is 14.6 Å². The van der Waals surface area contributed by atoms with E-state index in [1.165, 1.54) is 6.20 Å². The standard InChI is InChI=1S/C20H19N3O3/c1-23(13-14-8-4-3-5-9-14)20-21-12-16(19(24)25)18(22-20)15-10-6-7-11-17(15)26-2/h3-12H,13H2,1-2H3,(H,24,25). The quantitative estimate of drug-likeness (QED) is 0.734. The Kier molecular flexibility index (Phi) is 5.12. The molecule has 1 aromatic heterocycles. The number of benzene rings is 2. The predicted molar refractivity (Wildman–Crippen MR) is 99.5 cm³/mol. The molecular weight excluding hydrogens is 330 g/mol. The lowest BCUT2D eigenvalue weighted by molar-refractivity contribution is 0.0697. The third-order valence-electron chi connectivity index (χ3n) is 3.97. The van der Waals surface area contributed by atoms with Gasteiger partial charge in [-0.25, -0.2) is 14.8 Å². The number of para-hydroxylation sites is 1. The summed E-state index contributed by atoms with van der Waals surface area (Å²) in [5.74, 6) is -0.0757. The van der Waals surface area contributed by atoms with E-state index in [-0.39, 0.29) is 5.56 Å². The summed E-state index contributed by atoms with van der Waals surface area (Å²) in [5.41, 5.74) is 2.09. The van der Waals surface area contributed by atoms with Gasteiger partial charge in [0.25, 0.3) is 0 Å². The second-order valence-electron chi connectivity index (χ2n) is 5.78. The molecule has 0 atom stereocenters. The van der Waals surface area contributed by atoms with Crippen LogP contribution in [0.2, 0.25) is 0 Å². The molecule has 0 unspecified atom stereocenters. The first kappa shape index (κ1) is 17.4. The molecule has 2 aromatic carbocycles. The lowest BCUT2D eigenvalue weighted by Gasteiger charge is -2.19. The van der Waals surface area contributed by atoms with Crippen molar-refractivity contribution in [3.8, 4) is 17.0 Å². The Morgan fingerprint density at radius 3 is 2.50 bits per heavy atom. The lowest BCUT2D eigenvalue weighted by Crippen LogP contribution is -2.20. The summed E-state index contributed by atoms with van der Waals surface area (Å²) in [7, 11) is 3.41. The highest BCUT2D eigenvalue weighted by Gasteiger charge is 2.19. The highest BCUT2D eigenvalue weighted by atomic mass is 16.5. The van der Waals surface area contributed by atoms with E-state index in [0.717, 1.165) is 5.56 Å². The summed E-state index contributed by atoms with van der Waals surface area (Å²) >= 11 is 0. The molecule has 0 aliphatic heterocycles. The third kappa shape index (κ3) is 3.64. The molecule has 3 rings (SSSR count). The van der Waals surface area contributed by atoms with E-state index in [2.05, 4.69) is 9.97 Å². The van der Waals surface area contributed by atoms with Crippen LogP contribution in [0.3, 0.4) is 0 Å². The molecule has 3 aromatic rings. The van der Waals surface area contributed by atoms with Gasteiger partial charge in [-0.2, -0.15) is 0 Å². The van der Waals surface area contributed by atoms with E-state index in [9.17, 15) is 9.90 Å². The van der Waals surface area contributed by atoms with Gasteiger partial charge in [-0.05, 0) is 17.7 Å². The van der Waals surface area contributed by atoms with Crippen molar-refractivity contribution in [3.63, 3.8) is 0 Å². The molecule has 132 valence electrons. The zero-order valence-corrected chi connectivity index (χ0v) is 14.6. The molecule has 6 nitrogen and oxygen atoms in total. The average Bonchev–Trinajstić information content (AvgIpc) is 2.68. The van der Waals surface area contributed by atoms with Crippen LogP contribution in [-0.4, -0.2) is 35.2 Å². The topological polar surface area (TPSA) is 75.5 Å². The number of ether oxygens (including phenoxy) is 1. The zero-order valence-electron chi connectivity index (χ0n) is 14.6. The first-order valence-corrected chi connectivity index (χ1v) is 8.09. The molecule has 0 radical (unpaired) electrons. The summed E-state index contributed by atoms with van der Waals surface area (Å²) in [6.07, 6.45) is 1.34. The molecule has 0 fully saturated rings. The predicted octanol–water partition coefficient (Wildman–Crippen LogP) is 3.49. The maximum Gasteiger partial charge on any atom is 0.339 e. The molecule has 6 heteroatoms. The van der Waals surface area contributed by atoms with Gasteiger partial charge in [-0.3, -0.25) is 0 Å². The summed E-state index contributed by atoms with van der Waals surface area (Å²) in [6, 6.07) is 17.1. The molecule has 1 heterocycles. The summed E-state index contributed by atoms with van der Waals surface area (Å²) in [5, 5.41) is 9.52. The third-order valence-corrected chi connectivity index (χ3v) is 3.97. The molecule has 0 aliphatic carbocycles. The van der Waals surface area contributed by atoms with Gasteiger partial charge in [-0.1, -0.05) is 42.5 Å². The summed E-state index contributed by atoms with van der Waals surface area (Å²) < 4.78 is 5.36. The number of methoxy groups -OCH3 is 1. The van der Waals surface area contributed by atoms with Crippen LogP contribution in [0.5, 0.6) is 5.75 Å². The molecule has 0 saturated heterocycles. The SMILES string of the molecule is COc1ccccc1-c1nc(N(C)Cc2ccccc2)ncc1C(=O)O. The smallest absolute Gasteiger partial charge is 0.339 e. The maximum atomic E-state index is 11.6. The van der Waals surface area contributed by atoms with Crippen LogP contribution in [0.15, 0.2) is 60.8 Å². The Hall–Kier alpha value is -3.41. The Labute approximate surface area is 151 Å². The number of rotatable bonds is 6. The summed E-state index contributed by atoms with van der Waals surface area (Å²) in [6.45, 7) is 0.610. The number of nitrogens with zero attached hydrogens (tertiary/aromatic N) is 3. The number of carbonyl (C=O) groups is 1. The Balaban J connectivity index is 2.03. The monoisotopic (exact) mass is 349 g/mol. The van der Waals surface area contributed by atoms with E-state index in [0.29, 0.717) is 29.5 Å². The number of aromatic carboxylic acids is 1. The van der Waals surface area contributed by atoms with Crippen molar-refractivity contribution in [2.24, 2.45) is 0 Å². The van der Waals surface area contributed by atoms with E-state index in [4.69, 9.17) is 4.74 Å². The van der Waals surface area contributed by atoms with Gasteiger partial charge in [0, 0.05) is 25.4 Å². The number of carboxylic acids is 1. The molecular formula is C20H19N3O3. The first-order valence-electron chi connectivity index (χ1n) is 8.09. The van der Waals surface area contributed by atoms with Crippen LogP contribution >= 0.6 is 0 Å². The van der Waals surface area contributed by atoms with Crippen molar-refractivity contribution in [3.05, 3.63) is 71.9 Å². The number of hydrogen-bond donors (Lipinski definition) is 1. The second kappa shape index (κ2) is 7.65. The molecule has 1 N–H and O–H groups in total. The maximum absolute atomic E-state index is 11.6. The van der Waals surface area contributed by atoms with E-state index >= 15 is 0 Å². The van der Waals surface area contributed by atoms with Crippen molar-refractivity contribution in [1.29, 1.82) is 0 Å². The molecule has 0 bridgehead atoms. The van der Waals surface area contributed by atoms with Crippen LogP contribution in [0.1, 0.15) is 15.9 Å². The van der Waals surface area contributed by atoms with Gasteiger partial charge in [0.2, 0.25) is 5.95 Å². The zero-order chi connectivity index (χ0) is 18.5. The minimum atomic E-state index is -1.08. The van der Waals surface area contributed by atoms with Crippen LogP contribution in [0.4, 0.5) is 5.95 Å². The first-order chi connectivity index (χ1) is 12.6.